The van der Waals surface area contributed by atoms with Gasteiger partial charge in [0.25, 0.3) is 0 Å². The van der Waals surface area contributed by atoms with Gasteiger partial charge in [-0.2, -0.15) is 0 Å². The highest BCUT2D eigenvalue weighted by Gasteiger charge is 2.27. The molecule has 3 heterocycles. The Bertz CT molecular complexity index is 815. The van der Waals surface area contributed by atoms with Crippen LogP contribution in [0.3, 0.4) is 0 Å². The summed E-state index contributed by atoms with van der Waals surface area (Å²) in [5.41, 5.74) is 4.32. The van der Waals surface area contributed by atoms with Gasteiger partial charge in [0, 0.05) is 18.2 Å². The third-order valence-electron chi connectivity index (χ3n) is 5.44. The Balaban J connectivity index is 1.37. The predicted octanol–water partition coefficient (Wildman–Crippen LogP) is 2.96. The number of rotatable bonds is 5. The lowest BCUT2D eigenvalue weighted by atomic mass is 10.0. The summed E-state index contributed by atoms with van der Waals surface area (Å²) in [6, 6.07) is 10.2. The number of carbonyl (C=O) groups is 1. The van der Waals surface area contributed by atoms with Gasteiger partial charge < -0.3 is 10.1 Å². The van der Waals surface area contributed by atoms with Crippen LogP contribution in [0.1, 0.15) is 30.4 Å². The highest BCUT2D eigenvalue weighted by molar-refractivity contribution is 5.78. The summed E-state index contributed by atoms with van der Waals surface area (Å²) in [5, 5.41) is 3.06. The number of aryl methyl sites for hydroxylation is 1. The molecule has 5 nitrogen and oxygen atoms in total. The van der Waals surface area contributed by atoms with Crippen LogP contribution in [0, 0.1) is 6.92 Å². The number of benzene rings is 1. The molecule has 1 aromatic heterocycles. The SMILES string of the molecule is Cc1cccnc1-c1cccc2c1OC(CNC(=O)CN1CCCCC1)C2. The van der Waals surface area contributed by atoms with Crippen LogP contribution >= 0.6 is 0 Å². The fraction of sp³-hybridized carbons (Fsp3) is 0.455. The highest BCUT2D eigenvalue weighted by atomic mass is 16.5. The summed E-state index contributed by atoms with van der Waals surface area (Å²) in [7, 11) is 0. The van der Waals surface area contributed by atoms with Crippen LogP contribution < -0.4 is 10.1 Å². The molecule has 2 aliphatic heterocycles. The maximum absolute atomic E-state index is 12.3. The maximum Gasteiger partial charge on any atom is 0.234 e. The van der Waals surface area contributed by atoms with E-state index in [1.807, 2.05) is 12.3 Å². The average molecular weight is 365 g/mol. The van der Waals surface area contributed by atoms with Crippen molar-refractivity contribution in [3.05, 3.63) is 47.7 Å². The Hall–Kier alpha value is -2.40. The molecule has 0 bridgehead atoms. The molecular formula is C22H27N3O2. The summed E-state index contributed by atoms with van der Waals surface area (Å²) in [6.45, 7) is 5.17. The largest absolute Gasteiger partial charge is 0.487 e. The van der Waals surface area contributed by atoms with Crippen molar-refractivity contribution < 1.29 is 9.53 Å². The minimum absolute atomic E-state index is 0.0181. The Labute approximate surface area is 160 Å². The number of carbonyl (C=O) groups excluding carboxylic acids is 1. The van der Waals surface area contributed by atoms with E-state index in [1.165, 1.54) is 24.8 Å². The van der Waals surface area contributed by atoms with Gasteiger partial charge in [0.2, 0.25) is 5.91 Å². The van der Waals surface area contributed by atoms with Crippen molar-refractivity contribution in [3.8, 4) is 17.0 Å². The Morgan fingerprint density at radius 3 is 2.89 bits per heavy atom. The first kappa shape index (κ1) is 18.0. The molecule has 0 saturated carbocycles. The molecule has 2 aliphatic rings. The second kappa shape index (κ2) is 8.09. The van der Waals surface area contributed by atoms with Gasteiger partial charge in [-0.05, 0) is 56.1 Å². The number of aromatic nitrogens is 1. The topological polar surface area (TPSA) is 54.5 Å². The summed E-state index contributed by atoms with van der Waals surface area (Å²) < 4.78 is 6.22. The van der Waals surface area contributed by atoms with Crippen LogP contribution in [-0.2, 0) is 11.2 Å². The van der Waals surface area contributed by atoms with Gasteiger partial charge in [-0.3, -0.25) is 14.7 Å². The molecule has 5 heteroatoms. The van der Waals surface area contributed by atoms with Gasteiger partial charge in [0.05, 0.1) is 18.8 Å². The highest BCUT2D eigenvalue weighted by Crippen LogP contribution is 2.38. The van der Waals surface area contributed by atoms with E-state index in [4.69, 9.17) is 4.74 Å². The minimum Gasteiger partial charge on any atom is -0.487 e. The zero-order chi connectivity index (χ0) is 18.6. The van der Waals surface area contributed by atoms with Crippen molar-refractivity contribution in [1.82, 2.24) is 15.2 Å². The summed E-state index contributed by atoms with van der Waals surface area (Å²) in [6.07, 6.45) is 6.29. The monoisotopic (exact) mass is 365 g/mol. The van der Waals surface area contributed by atoms with E-state index < -0.39 is 0 Å². The van der Waals surface area contributed by atoms with E-state index in [9.17, 15) is 4.79 Å². The van der Waals surface area contributed by atoms with E-state index >= 15 is 0 Å². The van der Waals surface area contributed by atoms with Crippen LogP contribution in [0.25, 0.3) is 11.3 Å². The fourth-order valence-electron chi connectivity index (χ4n) is 4.01. The van der Waals surface area contributed by atoms with Crippen molar-refractivity contribution >= 4 is 5.91 Å². The molecule has 0 spiro atoms. The van der Waals surface area contributed by atoms with Crippen molar-refractivity contribution in [2.45, 2.75) is 38.7 Å². The summed E-state index contributed by atoms with van der Waals surface area (Å²) in [5.74, 6) is 1.01. The number of para-hydroxylation sites is 1. The van der Waals surface area contributed by atoms with Gasteiger partial charge in [-0.25, -0.2) is 0 Å². The van der Waals surface area contributed by atoms with Crippen LogP contribution in [0.15, 0.2) is 36.5 Å². The molecular weight excluding hydrogens is 338 g/mol. The lowest BCUT2D eigenvalue weighted by Gasteiger charge is -2.25. The van der Waals surface area contributed by atoms with Gasteiger partial charge in [-0.15, -0.1) is 0 Å². The van der Waals surface area contributed by atoms with E-state index in [0.717, 1.165) is 42.1 Å². The number of pyridine rings is 1. The number of hydrogen-bond donors (Lipinski definition) is 1. The molecule has 0 aliphatic carbocycles. The summed E-state index contributed by atoms with van der Waals surface area (Å²) >= 11 is 0. The van der Waals surface area contributed by atoms with E-state index in [-0.39, 0.29) is 12.0 Å². The van der Waals surface area contributed by atoms with Gasteiger partial charge in [0.15, 0.2) is 0 Å². The first-order valence-corrected chi connectivity index (χ1v) is 9.90. The first-order valence-electron chi connectivity index (χ1n) is 9.90. The molecule has 142 valence electrons. The Morgan fingerprint density at radius 1 is 1.22 bits per heavy atom. The Kier molecular flexibility index (Phi) is 5.39. The minimum atomic E-state index is -0.0181. The van der Waals surface area contributed by atoms with Crippen LogP contribution in [0.4, 0.5) is 0 Å². The van der Waals surface area contributed by atoms with Crippen LogP contribution in [0.5, 0.6) is 5.75 Å². The van der Waals surface area contributed by atoms with Crippen LogP contribution in [0.2, 0.25) is 0 Å². The number of likely N-dealkylation sites (tertiary alicyclic amines) is 1. The first-order chi connectivity index (χ1) is 13.2. The quantitative estimate of drug-likeness (QED) is 0.885. The number of ether oxygens (including phenoxy) is 1. The standard InChI is InChI=1S/C22H27N3O2/c1-16-7-6-10-23-21(16)19-9-5-8-17-13-18(27-22(17)19)14-24-20(26)15-25-11-3-2-4-12-25/h5-10,18H,2-4,11-15H2,1H3,(H,24,26). The summed E-state index contributed by atoms with van der Waals surface area (Å²) in [4.78, 5) is 19.0. The Morgan fingerprint density at radius 2 is 2.07 bits per heavy atom. The van der Waals surface area contributed by atoms with Crippen molar-refractivity contribution in [3.63, 3.8) is 0 Å². The number of hydrogen-bond acceptors (Lipinski definition) is 4. The van der Waals surface area contributed by atoms with Gasteiger partial charge in [0.1, 0.15) is 11.9 Å². The lowest BCUT2D eigenvalue weighted by Crippen LogP contribution is -2.42. The van der Waals surface area contributed by atoms with E-state index in [1.54, 1.807) is 0 Å². The van der Waals surface area contributed by atoms with Crippen molar-refractivity contribution in [2.24, 2.45) is 0 Å². The number of piperidine rings is 1. The maximum atomic E-state index is 12.3. The predicted molar refractivity (Wildman–Crippen MR) is 106 cm³/mol. The van der Waals surface area contributed by atoms with Gasteiger partial charge in [-0.1, -0.05) is 24.6 Å². The number of amides is 1. The molecule has 1 unspecified atom stereocenters. The zero-order valence-electron chi connectivity index (χ0n) is 15.9. The molecule has 2 aromatic rings. The second-order valence-corrected chi connectivity index (χ2v) is 7.55. The molecule has 1 aromatic carbocycles. The molecule has 0 radical (unpaired) electrons. The van der Waals surface area contributed by atoms with E-state index in [0.29, 0.717) is 13.1 Å². The molecule has 1 amide bonds. The smallest absolute Gasteiger partial charge is 0.234 e. The number of fused-ring (bicyclic) bond motifs is 1. The van der Waals surface area contributed by atoms with E-state index in [2.05, 4.69) is 46.4 Å². The normalized spacial score (nSPS) is 19.4. The second-order valence-electron chi connectivity index (χ2n) is 7.55. The lowest BCUT2D eigenvalue weighted by molar-refractivity contribution is -0.122. The third kappa shape index (κ3) is 4.14. The molecule has 4 rings (SSSR count). The number of nitrogens with zero attached hydrogens (tertiary/aromatic N) is 2. The molecule has 1 saturated heterocycles. The third-order valence-corrected chi connectivity index (χ3v) is 5.44. The number of nitrogens with one attached hydrogen (secondary N) is 1. The van der Waals surface area contributed by atoms with Crippen LogP contribution in [-0.4, -0.2) is 48.1 Å². The molecule has 27 heavy (non-hydrogen) atoms. The molecule has 1 fully saturated rings. The molecule has 1 N–H and O–H groups in total. The van der Waals surface area contributed by atoms with Crippen molar-refractivity contribution in [2.75, 3.05) is 26.2 Å². The van der Waals surface area contributed by atoms with Crippen molar-refractivity contribution in [1.29, 1.82) is 0 Å². The zero-order valence-corrected chi connectivity index (χ0v) is 15.9. The molecule has 1 atom stereocenters. The average Bonchev–Trinajstić information content (AvgIpc) is 3.11. The fourth-order valence-corrected chi connectivity index (χ4v) is 4.01. The van der Waals surface area contributed by atoms with Gasteiger partial charge >= 0.3 is 0 Å².